The molecule has 0 aliphatic carbocycles. The van der Waals surface area contributed by atoms with Crippen molar-refractivity contribution in [1.82, 2.24) is 9.97 Å². The number of nitrogens with zero attached hydrogens (tertiary/aromatic N) is 2. The average molecular weight is 383 g/mol. The van der Waals surface area contributed by atoms with Crippen LogP contribution in [-0.2, 0) is 11.2 Å². The second-order valence-corrected chi connectivity index (χ2v) is 6.75. The molecule has 0 atom stereocenters. The van der Waals surface area contributed by atoms with E-state index in [-0.39, 0.29) is 12.3 Å². The number of aryl methyl sites for hydroxylation is 1. The fraction of sp³-hybridized carbons (Fsp3) is 0.125. The summed E-state index contributed by atoms with van der Waals surface area (Å²) in [4.78, 5) is 21.7. The first kappa shape index (κ1) is 18.6. The number of hydrogen-bond donors (Lipinski definition) is 1. The molecule has 4 rings (SSSR count). The minimum atomic E-state index is -0.116. The normalized spacial score (nSPS) is 10.7. The van der Waals surface area contributed by atoms with Crippen LogP contribution in [0.5, 0.6) is 5.88 Å². The summed E-state index contributed by atoms with van der Waals surface area (Å²) in [5.41, 5.74) is 5.45. The number of para-hydroxylation sites is 1. The third-order valence-electron chi connectivity index (χ3n) is 4.83. The summed E-state index contributed by atoms with van der Waals surface area (Å²) in [7, 11) is 1.56. The van der Waals surface area contributed by atoms with Crippen LogP contribution in [0.4, 0.5) is 5.69 Å². The zero-order chi connectivity index (χ0) is 20.2. The Balaban J connectivity index is 1.72. The van der Waals surface area contributed by atoms with Gasteiger partial charge >= 0.3 is 0 Å². The zero-order valence-electron chi connectivity index (χ0n) is 16.3. The summed E-state index contributed by atoms with van der Waals surface area (Å²) in [6.45, 7) is 1.95. The van der Waals surface area contributed by atoms with E-state index in [4.69, 9.17) is 9.72 Å². The number of hydrogen-bond acceptors (Lipinski definition) is 4. The number of methoxy groups -OCH3 is 1. The van der Waals surface area contributed by atoms with Gasteiger partial charge in [-0.2, -0.15) is 0 Å². The molecule has 0 bridgehead atoms. The van der Waals surface area contributed by atoms with Gasteiger partial charge in [-0.15, -0.1) is 0 Å². The van der Waals surface area contributed by atoms with Gasteiger partial charge in [0.15, 0.2) is 0 Å². The van der Waals surface area contributed by atoms with E-state index < -0.39 is 0 Å². The second kappa shape index (κ2) is 8.10. The Kier molecular flexibility index (Phi) is 5.20. The van der Waals surface area contributed by atoms with Crippen molar-refractivity contribution in [1.29, 1.82) is 0 Å². The van der Waals surface area contributed by atoms with E-state index in [1.165, 1.54) is 0 Å². The molecule has 1 amide bonds. The average Bonchev–Trinajstić information content (AvgIpc) is 2.75. The van der Waals surface area contributed by atoms with Crippen LogP contribution < -0.4 is 10.1 Å². The van der Waals surface area contributed by atoms with E-state index >= 15 is 0 Å². The highest BCUT2D eigenvalue weighted by Gasteiger charge is 2.17. The number of nitrogens with one attached hydrogen (secondary N) is 1. The largest absolute Gasteiger partial charge is 0.481 e. The van der Waals surface area contributed by atoms with Crippen LogP contribution in [0.3, 0.4) is 0 Å². The molecule has 4 aromatic rings. The van der Waals surface area contributed by atoms with Crippen LogP contribution in [0.25, 0.3) is 22.0 Å². The summed E-state index contributed by atoms with van der Waals surface area (Å²) in [6, 6.07) is 21.7. The predicted octanol–water partition coefficient (Wildman–Crippen LogP) is 4.80. The molecule has 5 heteroatoms. The van der Waals surface area contributed by atoms with Crippen LogP contribution >= 0.6 is 0 Å². The number of carbonyl (C=O) groups is 1. The lowest BCUT2D eigenvalue weighted by molar-refractivity contribution is -0.115. The Labute approximate surface area is 169 Å². The molecule has 29 heavy (non-hydrogen) atoms. The highest BCUT2D eigenvalue weighted by molar-refractivity contribution is 6.00. The molecule has 0 aliphatic heterocycles. The van der Waals surface area contributed by atoms with Crippen molar-refractivity contribution in [2.75, 3.05) is 12.4 Å². The van der Waals surface area contributed by atoms with Crippen LogP contribution in [0.1, 0.15) is 11.3 Å². The summed E-state index contributed by atoms with van der Waals surface area (Å²) >= 11 is 0. The zero-order valence-corrected chi connectivity index (χ0v) is 16.3. The Morgan fingerprint density at radius 3 is 2.48 bits per heavy atom. The van der Waals surface area contributed by atoms with E-state index in [1.807, 2.05) is 43.3 Å². The van der Waals surface area contributed by atoms with Crippen molar-refractivity contribution in [2.45, 2.75) is 13.3 Å². The molecule has 0 fully saturated rings. The smallest absolute Gasteiger partial charge is 0.228 e. The molecule has 2 aromatic heterocycles. The van der Waals surface area contributed by atoms with Gasteiger partial charge in [0.25, 0.3) is 0 Å². The van der Waals surface area contributed by atoms with E-state index in [9.17, 15) is 4.79 Å². The number of amides is 1. The molecule has 0 radical (unpaired) electrons. The van der Waals surface area contributed by atoms with Crippen LogP contribution in [-0.4, -0.2) is 23.0 Å². The molecule has 0 aliphatic rings. The minimum Gasteiger partial charge on any atom is -0.481 e. The van der Waals surface area contributed by atoms with Crippen molar-refractivity contribution in [3.8, 4) is 17.0 Å². The summed E-state index contributed by atoms with van der Waals surface area (Å²) in [6.07, 6.45) is 1.81. The van der Waals surface area contributed by atoms with E-state index in [1.54, 1.807) is 25.4 Å². The topological polar surface area (TPSA) is 64.1 Å². The number of anilines is 1. The van der Waals surface area contributed by atoms with Crippen LogP contribution in [0.15, 0.2) is 72.9 Å². The van der Waals surface area contributed by atoms with E-state index in [2.05, 4.69) is 28.5 Å². The maximum atomic E-state index is 12.8. The predicted molar refractivity (Wildman–Crippen MR) is 115 cm³/mol. The molecule has 144 valence electrons. The minimum absolute atomic E-state index is 0.116. The fourth-order valence-electron chi connectivity index (χ4n) is 3.47. The summed E-state index contributed by atoms with van der Waals surface area (Å²) < 4.78 is 5.06. The molecular weight excluding hydrogens is 362 g/mol. The number of aromatic nitrogens is 2. The number of carbonyl (C=O) groups excluding carboxylic acids is 1. The first-order valence-corrected chi connectivity index (χ1v) is 9.39. The van der Waals surface area contributed by atoms with E-state index in [0.717, 1.165) is 33.3 Å². The first-order valence-electron chi connectivity index (χ1n) is 9.39. The SMILES string of the molecule is COc1ccc(NC(=O)Cc2c(C)nc3ccccc3c2-c2ccccc2)cn1. The number of ether oxygens (including phenoxy) is 1. The van der Waals surface area contributed by atoms with Gasteiger partial charge in [-0.3, -0.25) is 9.78 Å². The van der Waals surface area contributed by atoms with Gasteiger partial charge in [-0.25, -0.2) is 4.98 Å². The van der Waals surface area contributed by atoms with Gasteiger partial charge in [0.1, 0.15) is 0 Å². The lowest BCUT2D eigenvalue weighted by Gasteiger charge is -2.16. The monoisotopic (exact) mass is 383 g/mol. The molecule has 0 saturated carbocycles. The number of pyridine rings is 2. The van der Waals surface area contributed by atoms with Gasteiger partial charge in [-0.1, -0.05) is 48.5 Å². The first-order chi connectivity index (χ1) is 14.2. The number of rotatable bonds is 5. The van der Waals surface area contributed by atoms with Crippen molar-refractivity contribution in [3.63, 3.8) is 0 Å². The van der Waals surface area contributed by atoms with Crippen molar-refractivity contribution >= 4 is 22.5 Å². The van der Waals surface area contributed by atoms with Crippen molar-refractivity contribution in [3.05, 3.63) is 84.2 Å². The van der Waals surface area contributed by atoms with Crippen molar-refractivity contribution < 1.29 is 9.53 Å². The molecule has 2 aromatic carbocycles. The quantitative estimate of drug-likeness (QED) is 0.538. The third kappa shape index (κ3) is 3.94. The maximum absolute atomic E-state index is 12.8. The molecule has 0 unspecified atom stereocenters. The Hall–Kier alpha value is -3.73. The fourth-order valence-corrected chi connectivity index (χ4v) is 3.47. The van der Waals surface area contributed by atoms with Crippen molar-refractivity contribution in [2.24, 2.45) is 0 Å². The second-order valence-electron chi connectivity index (χ2n) is 6.75. The van der Waals surface area contributed by atoms with Gasteiger partial charge in [-0.05, 0) is 35.7 Å². The molecule has 5 nitrogen and oxygen atoms in total. The number of fused-ring (bicyclic) bond motifs is 1. The third-order valence-corrected chi connectivity index (χ3v) is 4.83. The van der Waals surface area contributed by atoms with Gasteiger partial charge in [0, 0.05) is 17.1 Å². The Morgan fingerprint density at radius 1 is 1.00 bits per heavy atom. The van der Waals surface area contributed by atoms with Gasteiger partial charge in [0.05, 0.1) is 30.9 Å². The molecule has 0 spiro atoms. The van der Waals surface area contributed by atoms with Gasteiger partial charge < -0.3 is 10.1 Å². The Morgan fingerprint density at radius 2 is 1.76 bits per heavy atom. The lowest BCUT2D eigenvalue weighted by Crippen LogP contribution is -2.16. The Bertz CT molecular complexity index is 1160. The highest BCUT2D eigenvalue weighted by atomic mass is 16.5. The lowest BCUT2D eigenvalue weighted by atomic mass is 9.92. The molecule has 0 saturated heterocycles. The summed E-state index contributed by atoms with van der Waals surface area (Å²) in [5, 5.41) is 3.95. The molecule has 2 heterocycles. The number of benzene rings is 2. The molecular formula is C24H21N3O2. The van der Waals surface area contributed by atoms with E-state index in [0.29, 0.717) is 11.6 Å². The molecule has 1 N–H and O–H groups in total. The highest BCUT2D eigenvalue weighted by Crippen LogP contribution is 2.33. The summed E-state index contributed by atoms with van der Waals surface area (Å²) in [5.74, 6) is 0.387. The van der Waals surface area contributed by atoms with Crippen LogP contribution in [0.2, 0.25) is 0 Å². The maximum Gasteiger partial charge on any atom is 0.228 e. The van der Waals surface area contributed by atoms with Crippen LogP contribution in [0, 0.1) is 6.92 Å². The standard InChI is InChI=1S/C24H21N3O2/c1-16-20(14-22(28)27-18-12-13-23(29-2)25-15-18)24(17-8-4-3-5-9-17)19-10-6-7-11-21(19)26-16/h3-13,15H,14H2,1-2H3,(H,27,28). The van der Waals surface area contributed by atoms with Gasteiger partial charge in [0.2, 0.25) is 11.8 Å².